The van der Waals surface area contributed by atoms with E-state index >= 15 is 0 Å². The standard InChI is InChI=1S/C15H9BrClFO2/c16-9-1-2-13(18)11(6-9)14(19)12-7-10(17)5-8-3-4-20-15(8)12/h1-2,5-7H,3-4H2. The number of ketones is 1. The van der Waals surface area contributed by atoms with Gasteiger partial charge in [-0.15, -0.1) is 0 Å². The van der Waals surface area contributed by atoms with Crippen molar-refractivity contribution in [3.63, 3.8) is 0 Å². The summed E-state index contributed by atoms with van der Waals surface area (Å²) in [5.41, 5.74) is 1.19. The molecule has 1 aliphatic heterocycles. The highest BCUT2D eigenvalue weighted by molar-refractivity contribution is 9.10. The Balaban J connectivity index is 2.14. The van der Waals surface area contributed by atoms with Crippen LogP contribution in [-0.4, -0.2) is 12.4 Å². The van der Waals surface area contributed by atoms with Crippen LogP contribution < -0.4 is 4.74 Å². The van der Waals surface area contributed by atoms with E-state index in [0.717, 1.165) is 5.56 Å². The van der Waals surface area contributed by atoms with Crippen LogP contribution in [0.3, 0.4) is 0 Å². The maximum Gasteiger partial charge on any atom is 0.199 e. The van der Waals surface area contributed by atoms with Crippen LogP contribution in [0.5, 0.6) is 5.75 Å². The maximum absolute atomic E-state index is 13.8. The van der Waals surface area contributed by atoms with Crippen molar-refractivity contribution in [3.8, 4) is 5.75 Å². The minimum absolute atomic E-state index is 0.000610. The van der Waals surface area contributed by atoms with Crippen LogP contribution in [0.4, 0.5) is 4.39 Å². The fourth-order valence-corrected chi connectivity index (χ4v) is 2.86. The third kappa shape index (κ3) is 2.34. The van der Waals surface area contributed by atoms with E-state index in [4.69, 9.17) is 16.3 Å². The molecule has 20 heavy (non-hydrogen) atoms. The first kappa shape index (κ1) is 13.6. The first-order chi connectivity index (χ1) is 9.56. The molecule has 0 saturated heterocycles. The third-order valence-corrected chi connectivity index (χ3v) is 3.88. The lowest BCUT2D eigenvalue weighted by molar-refractivity contribution is 0.103. The second kappa shape index (κ2) is 5.19. The SMILES string of the molecule is O=C(c1cc(Br)ccc1F)c1cc(Cl)cc2c1OCC2. The number of hydrogen-bond donors (Lipinski definition) is 0. The maximum atomic E-state index is 13.8. The van der Waals surface area contributed by atoms with E-state index in [1.54, 1.807) is 12.1 Å². The Morgan fingerprint density at radius 3 is 2.85 bits per heavy atom. The number of ether oxygens (including phenoxy) is 1. The summed E-state index contributed by atoms with van der Waals surface area (Å²) in [4.78, 5) is 12.5. The molecule has 0 fully saturated rings. The lowest BCUT2D eigenvalue weighted by Crippen LogP contribution is -2.06. The van der Waals surface area contributed by atoms with Crippen molar-refractivity contribution in [2.75, 3.05) is 6.61 Å². The van der Waals surface area contributed by atoms with Gasteiger partial charge in [0.1, 0.15) is 11.6 Å². The Morgan fingerprint density at radius 1 is 1.25 bits per heavy atom. The van der Waals surface area contributed by atoms with Gasteiger partial charge in [0.05, 0.1) is 17.7 Å². The predicted molar refractivity (Wildman–Crippen MR) is 78.2 cm³/mol. The lowest BCUT2D eigenvalue weighted by Gasteiger charge is -2.09. The fourth-order valence-electron chi connectivity index (χ4n) is 2.25. The van der Waals surface area contributed by atoms with Crippen molar-refractivity contribution in [1.29, 1.82) is 0 Å². The first-order valence-corrected chi connectivity index (χ1v) is 7.18. The van der Waals surface area contributed by atoms with Crippen molar-refractivity contribution < 1.29 is 13.9 Å². The molecule has 5 heteroatoms. The summed E-state index contributed by atoms with van der Waals surface area (Å²) in [5, 5.41) is 0.452. The molecule has 1 heterocycles. The molecule has 2 nitrogen and oxygen atoms in total. The van der Waals surface area contributed by atoms with E-state index in [9.17, 15) is 9.18 Å². The topological polar surface area (TPSA) is 26.3 Å². The van der Waals surface area contributed by atoms with Gasteiger partial charge >= 0.3 is 0 Å². The lowest BCUT2D eigenvalue weighted by atomic mass is 9.99. The monoisotopic (exact) mass is 354 g/mol. The van der Waals surface area contributed by atoms with Crippen LogP contribution in [0, 0.1) is 5.82 Å². The summed E-state index contributed by atoms with van der Waals surface area (Å²) in [6, 6.07) is 7.56. The summed E-state index contributed by atoms with van der Waals surface area (Å²) in [7, 11) is 0. The van der Waals surface area contributed by atoms with Gasteiger partial charge in [0.2, 0.25) is 0 Å². The van der Waals surface area contributed by atoms with E-state index in [2.05, 4.69) is 15.9 Å². The van der Waals surface area contributed by atoms with Gasteiger partial charge in [-0.1, -0.05) is 27.5 Å². The number of carbonyl (C=O) groups excluding carboxylic acids is 1. The van der Waals surface area contributed by atoms with Crippen LogP contribution in [-0.2, 0) is 6.42 Å². The molecule has 0 N–H and O–H groups in total. The van der Waals surface area contributed by atoms with E-state index in [0.29, 0.717) is 33.8 Å². The van der Waals surface area contributed by atoms with Gasteiger partial charge in [0.25, 0.3) is 0 Å². The molecule has 2 aromatic carbocycles. The van der Waals surface area contributed by atoms with Gasteiger partial charge in [0, 0.05) is 15.9 Å². The molecule has 0 aromatic heterocycles. The summed E-state index contributed by atoms with van der Waals surface area (Å²) >= 11 is 9.26. The molecule has 0 unspecified atom stereocenters. The molecule has 2 aromatic rings. The van der Waals surface area contributed by atoms with E-state index in [1.165, 1.54) is 18.2 Å². The van der Waals surface area contributed by atoms with E-state index in [-0.39, 0.29) is 5.56 Å². The number of carbonyl (C=O) groups is 1. The van der Waals surface area contributed by atoms with E-state index < -0.39 is 11.6 Å². The van der Waals surface area contributed by atoms with E-state index in [1.807, 2.05) is 0 Å². The van der Waals surface area contributed by atoms with Gasteiger partial charge < -0.3 is 4.74 Å². The highest BCUT2D eigenvalue weighted by Gasteiger charge is 2.24. The zero-order valence-electron chi connectivity index (χ0n) is 10.3. The van der Waals surface area contributed by atoms with Crippen molar-refractivity contribution >= 4 is 33.3 Å². The quantitative estimate of drug-likeness (QED) is 0.746. The van der Waals surface area contributed by atoms with Crippen molar-refractivity contribution in [3.05, 3.63) is 62.3 Å². The molecule has 3 rings (SSSR count). The van der Waals surface area contributed by atoms with Crippen molar-refractivity contribution in [2.45, 2.75) is 6.42 Å². The highest BCUT2D eigenvalue weighted by Crippen LogP contribution is 2.34. The van der Waals surface area contributed by atoms with Crippen LogP contribution in [0.15, 0.2) is 34.8 Å². The van der Waals surface area contributed by atoms with Gasteiger partial charge in [-0.3, -0.25) is 4.79 Å². The summed E-state index contributed by atoms with van der Waals surface area (Å²) in [6.07, 6.45) is 0.705. The molecule has 0 amide bonds. The zero-order valence-corrected chi connectivity index (χ0v) is 12.6. The minimum Gasteiger partial charge on any atom is -0.492 e. The Morgan fingerprint density at radius 2 is 2.05 bits per heavy atom. The van der Waals surface area contributed by atoms with Gasteiger partial charge in [0.15, 0.2) is 5.78 Å². The zero-order chi connectivity index (χ0) is 14.3. The minimum atomic E-state index is -0.565. The Hall–Kier alpha value is -1.39. The highest BCUT2D eigenvalue weighted by atomic mass is 79.9. The largest absolute Gasteiger partial charge is 0.492 e. The third-order valence-electron chi connectivity index (χ3n) is 3.17. The van der Waals surface area contributed by atoms with Crippen LogP contribution in [0.25, 0.3) is 0 Å². The van der Waals surface area contributed by atoms with Gasteiger partial charge in [-0.2, -0.15) is 0 Å². The van der Waals surface area contributed by atoms with Crippen molar-refractivity contribution in [1.82, 2.24) is 0 Å². The van der Waals surface area contributed by atoms with Crippen LogP contribution >= 0.6 is 27.5 Å². The summed E-state index contributed by atoms with van der Waals surface area (Å²) in [5.74, 6) is -0.479. The van der Waals surface area contributed by atoms with Crippen LogP contribution in [0.1, 0.15) is 21.5 Å². The molecule has 1 aliphatic rings. The number of fused-ring (bicyclic) bond motifs is 1. The van der Waals surface area contributed by atoms with Gasteiger partial charge in [-0.05, 0) is 35.9 Å². The average Bonchev–Trinajstić information content (AvgIpc) is 2.87. The smallest absolute Gasteiger partial charge is 0.199 e. The average molecular weight is 356 g/mol. The summed E-state index contributed by atoms with van der Waals surface area (Å²) < 4.78 is 20.0. The second-order valence-electron chi connectivity index (χ2n) is 4.49. The second-order valence-corrected chi connectivity index (χ2v) is 5.85. The first-order valence-electron chi connectivity index (χ1n) is 6.01. The summed E-state index contributed by atoms with van der Waals surface area (Å²) in [6.45, 7) is 0.511. The molecular weight excluding hydrogens is 347 g/mol. The fraction of sp³-hybridized carbons (Fsp3) is 0.133. The Bertz CT molecular complexity index is 715. The molecular formula is C15H9BrClFO2. The molecule has 102 valence electrons. The van der Waals surface area contributed by atoms with Crippen molar-refractivity contribution in [2.24, 2.45) is 0 Å². The molecule has 0 bridgehead atoms. The molecule has 0 radical (unpaired) electrons. The number of benzene rings is 2. The predicted octanol–water partition coefficient (Wildman–Crippen LogP) is 4.41. The molecule has 0 spiro atoms. The Labute approximate surface area is 128 Å². The molecule has 0 atom stereocenters. The number of rotatable bonds is 2. The Kier molecular flexibility index (Phi) is 3.52. The normalized spacial score (nSPS) is 12.9. The number of halogens is 3. The van der Waals surface area contributed by atoms with Crippen LogP contribution in [0.2, 0.25) is 5.02 Å². The number of hydrogen-bond acceptors (Lipinski definition) is 2. The molecule has 0 saturated carbocycles. The van der Waals surface area contributed by atoms with Gasteiger partial charge in [-0.25, -0.2) is 4.39 Å². The molecule has 0 aliphatic carbocycles.